The van der Waals surface area contributed by atoms with E-state index in [2.05, 4.69) is 0 Å². The van der Waals surface area contributed by atoms with Crippen molar-refractivity contribution >= 4 is 16.8 Å². The molecule has 7 N–H and O–H groups in total. The molecule has 0 amide bonds. The number of carbonyl (C=O) groups excluding carboxylic acids is 1. The Bertz CT molecular complexity index is 1790. The molecule has 10 nitrogen and oxygen atoms in total. The molecule has 4 aromatic carbocycles. The molecule has 10 heteroatoms. The van der Waals surface area contributed by atoms with Crippen molar-refractivity contribution in [1.29, 1.82) is 0 Å². The molecule has 0 unspecified atom stereocenters. The summed E-state index contributed by atoms with van der Waals surface area (Å²) in [5, 5.41) is 72.0. The van der Waals surface area contributed by atoms with E-state index in [1.807, 2.05) is 0 Å². The number of fused-ring (bicyclic) bond motifs is 3. The number of furan rings is 1. The lowest BCUT2D eigenvalue weighted by Crippen LogP contribution is -2.30. The van der Waals surface area contributed by atoms with Crippen LogP contribution in [0.4, 0.5) is 0 Å². The molecule has 40 heavy (non-hydrogen) atoms. The van der Waals surface area contributed by atoms with Gasteiger partial charge in [-0.25, -0.2) is 0 Å². The van der Waals surface area contributed by atoms with E-state index in [9.17, 15) is 40.5 Å². The van der Waals surface area contributed by atoms with E-state index in [0.29, 0.717) is 11.1 Å². The number of aliphatic hydroxyl groups excluding tert-OH is 1. The fourth-order valence-corrected chi connectivity index (χ4v) is 5.00. The number of benzene rings is 4. The molecular weight excluding hydrogens is 520 g/mol. The molecule has 0 saturated heterocycles. The monoisotopic (exact) mass is 542 g/mol. The molecule has 5 aromatic rings. The summed E-state index contributed by atoms with van der Waals surface area (Å²) in [5.74, 6) is -2.98. The fraction of sp³-hybridized carbons (Fsp3) is 0.100. The number of ketones is 1. The van der Waals surface area contributed by atoms with Gasteiger partial charge in [0.2, 0.25) is 5.78 Å². The van der Waals surface area contributed by atoms with E-state index >= 15 is 0 Å². The van der Waals surface area contributed by atoms with Crippen LogP contribution < -0.4 is 4.74 Å². The first-order valence-electron chi connectivity index (χ1n) is 12.2. The van der Waals surface area contributed by atoms with E-state index in [1.54, 1.807) is 12.1 Å². The van der Waals surface area contributed by atoms with Gasteiger partial charge in [-0.05, 0) is 48.0 Å². The zero-order valence-corrected chi connectivity index (χ0v) is 20.6. The number of rotatable bonds is 4. The van der Waals surface area contributed by atoms with Crippen LogP contribution in [0.3, 0.4) is 0 Å². The predicted octanol–water partition coefficient (Wildman–Crippen LogP) is 4.60. The second-order valence-corrected chi connectivity index (χ2v) is 9.52. The van der Waals surface area contributed by atoms with Gasteiger partial charge in [0.05, 0.1) is 22.6 Å². The van der Waals surface area contributed by atoms with Crippen LogP contribution in [-0.2, 0) is 6.42 Å². The third kappa shape index (κ3) is 3.98. The minimum Gasteiger partial charge on any atom is -0.508 e. The zero-order chi connectivity index (χ0) is 28.3. The molecule has 1 aliphatic rings. The van der Waals surface area contributed by atoms with Gasteiger partial charge in [-0.3, -0.25) is 4.79 Å². The van der Waals surface area contributed by atoms with E-state index < -0.39 is 40.8 Å². The molecule has 1 aliphatic heterocycles. The van der Waals surface area contributed by atoms with Crippen molar-refractivity contribution < 1.29 is 49.7 Å². The Morgan fingerprint density at radius 2 is 1.43 bits per heavy atom. The highest BCUT2D eigenvalue weighted by Crippen LogP contribution is 2.50. The number of hydrogen-bond donors (Lipinski definition) is 7. The highest BCUT2D eigenvalue weighted by atomic mass is 16.5. The number of phenols is 6. The van der Waals surface area contributed by atoms with E-state index in [1.165, 1.54) is 42.5 Å². The SMILES string of the molecule is O=C(c1cc(O)cc(O)c1O)c1c(-c2ccc(O)cc2)oc2cc(O)c3c(c12)O[C@H](c1ccc(O)cc1)[C@H](O)C3. The molecule has 0 bridgehead atoms. The topological polar surface area (TPSA) is 181 Å². The highest BCUT2D eigenvalue weighted by Gasteiger charge is 2.37. The van der Waals surface area contributed by atoms with Gasteiger partial charge in [0.25, 0.3) is 0 Å². The van der Waals surface area contributed by atoms with Crippen molar-refractivity contribution in [3.05, 3.63) is 89.0 Å². The first-order valence-corrected chi connectivity index (χ1v) is 12.2. The summed E-state index contributed by atoms with van der Waals surface area (Å²) < 4.78 is 12.3. The Balaban J connectivity index is 1.63. The quantitative estimate of drug-likeness (QED) is 0.0963. The van der Waals surface area contributed by atoms with E-state index in [-0.39, 0.29) is 57.3 Å². The lowest BCUT2D eigenvalue weighted by Gasteiger charge is -2.31. The summed E-state index contributed by atoms with van der Waals surface area (Å²) >= 11 is 0. The van der Waals surface area contributed by atoms with Gasteiger partial charge < -0.3 is 44.9 Å². The lowest BCUT2D eigenvalue weighted by atomic mass is 9.90. The van der Waals surface area contributed by atoms with Crippen molar-refractivity contribution in [3.8, 4) is 51.6 Å². The first-order chi connectivity index (χ1) is 19.1. The van der Waals surface area contributed by atoms with Crippen LogP contribution in [0.5, 0.6) is 40.2 Å². The van der Waals surface area contributed by atoms with Gasteiger partial charge in [-0.1, -0.05) is 12.1 Å². The molecular formula is C30H22O10. The van der Waals surface area contributed by atoms with Crippen LogP contribution in [-0.4, -0.2) is 47.6 Å². The number of aliphatic hydroxyl groups is 1. The smallest absolute Gasteiger partial charge is 0.201 e. The Morgan fingerprint density at radius 1 is 0.775 bits per heavy atom. The van der Waals surface area contributed by atoms with Crippen LogP contribution in [0, 0.1) is 0 Å². The maximum absolute atomic E-state index is 14.0. The zero-order valence-electron chi connectivity index (χ0n) is 20.6. The molecule has 0 aliphatic carbocycles. The van der Waals surface area contributed by atoms with Crippen LogP contribution >= 0.6 is 0 Å². The summed E-state index contributed by atoms with van der Waals surface area (Å²) in [6.07, 6.45) is -2.07. The largest absolute Gasteiger partial charge is 0.508 e. The summed E-state index contributed by atoms with van der Waals surface area (Å²) in [4.78, 5) is 14.0. The molecule has 1 aromatic heterocycles. The summed E-state index contributed by atoms with van der Waals surface area (Å²) in [6, 6.07) is 14.9. The Hall–Kier alpha value is -5.35. The van der Waals surface area contributed by atoms with Crippen molar-refractivity contribution in [3.63, 3.8) is 0 Å². The number of carbonyl (C=O) groups is 1. The standard InChI is InChI=1S/C30H22O10/c31-15-5-1-13(2-6-15)28-22(36)11-18-20(34)12-23-24(30(18)40-28)25(29(39-23)14-3-7-16(32)8-4-14)27(38)19-9-17(33)10-21(35)26(19)37/h1-10,12,22,28,31-37H,11H2/t22-,28-/m1/s1. The molecule has 2 heterocycles. The minimum atomic E-state index is -1.09. The first kappa shape index (κ1) is 25.0. The second kappa shape index (κ2) is 9.14. The number of phenolic OH excluding ortho intramolecular Hbond substituents is 6. The van der Waals surface area contributed by atoms with Crippen LogP contribution in [0.25, 0.3) is 22.3 Å². The van der Waals surface area contributed by atoms with Gasteiger partial charge >= 0.3 is 0 Å². The Kier molecular flexibility index (Phi) is 5.70. The van der Waals surface area contributed by atoms with Crippen molar-refractivity contribution in [2.45, 2.75) is 18.6 Å². The Morgan fingerprint density at radius 3 is 2.10 bits per heavy atom. The predicted molar refractivity (Wildman–Crippen MR) is 141 cm³/mol. The van der Waals surface area contributed by atoms with Crippen LogP contribution in [0.2, 0.25) is 0 Å². The normalized spacial score (nSPS) is 16.4. The van der Waals surface area contributed by atoms with Gasteiger partial charge in [0, 0.05) is 29.7 Å². The molecule has 0 radical (unpaired) electrons. The molecule has 0 fully saturated rings. The third-order valence-electron chi connectivity index (χ3n) is 6.92. The summed E-state index contributed by atoms with van der Waals surface area (Å²) in [5.41, 5.74) is 0.613. The maximum Gasteiger partial charge on any atom is 0.201 e. The van der Waals surface area contributed by atoms with Crippen molar-refractivity contribution in [1.82, 2.24) is 0 Å². The Labute approximate surface area is 225 Å². The summed E-state index contributed by atoms with van der Waals surface area (Å²) in [7, 11) is 0. The lowest BCUT2D eigenvalue weighted by molar-refractivity contribution is 0.0211. The van der Waals surface area contributed by atoms with Crippen molar-refractivity contribution in [2.24, 2.45) is 0 Å². The molecule has 0 spiro atoms. The molecule has 2 atom stereocenters. The number of ether oxygens (including phenoxy) is 1. The number of aromatic hydroxyl groups is 6. The fourth-order valence-electron chi connectivity index (χ4n) is 5.00. The molecule has 202 valence electrons. The minimum absolute atomic E-state index is 0.00550. The van der Waals surface area contributed by atoms with Gasteiger partial charge in [-0.15, -0.1) is 0 Å². The molecule has 6 rings (SSSR count). The second-order valence-electron chi connectivity index (χ2n) is 9.52. The van der Waals surface area contributed by atoms with Gasteiger partial charge in [0.15, 0.2) is 11.5 Å². The van der Waals surface area contributed by atoms with Crippen LogP contribution in [0.15, 0.2) is 71.1 Å². The third-order valence-corrected chi connectivity index (χ3v) is 6.92. The van der Waals surface area contributed by atoms with Gasteiger partial charge in [-0.2, -0.15) is 0 Å². The maximum atomic E-state index is 14.0. The van der Waals surface area contributed by atoms with Crippen molar-refractivity contribution in [2.75, 3.05) is 0 Å². The number of hydrogen-bond acceptors (Lipinski definition) is 10. The van der Waals surface area contributed by atoms with E-state index in [0.717, 1.165) is 12.1 Å². The summed E-state index contributed by atoms with van der Waals surface area (Å²) in [6.45, 7) is 0. The van der Waals surface area contributed by atoms with E-state index in [4.69, 9.17) is 9.15 Å². The van der Waals surface area contributed by atoms with Gasteiger partial charge in [0.1, 0.15) is 46.2 Å². The average molecular weight is 542 g/mol. The highest BCUT2D eigenvalue weighted by molar-refractivity contribution is 6.22. The molecule has 0 saturated carbocycles. The average Bonchev–Trinajstić information content (AvgIpc) is 3.30. The van der Waals surface area contributed by atoms with Crippen LogP contribution in [0.1, 0.15) is 33.2 Å².